The number of benzene rings is 2. The molecule has 1 fully saturated rings. The van der Waals surface area contributed by atoms with Gasteiger partial charge in [-0.05, 0) is 36.8 Å². The van der Waals surface area contributed by atoms with Gasteiger partial charge in [0.2, 0.25) is 5.91 Å². The zero-order valence-electron chi connectivity index (χ0n) is 18.2. The molecule has 0 bridgehead atoms. The minimum absolute atomic E-state index is 0. The molecule has 0 spiro atoms. The lowest BCUT2D eigenvalue weighted by Gasteiger charge is -2.26. The van der Waals surface area contributed by atoms with E-state index in [1.807, 2.05) is 49.4 Å². The molecule has 1 heterocycles. The first-order valence-corrected chi connectivity index (χ1v) is 10.5. The summed E-state index contributed by atoms with van der Waals surface area (Å²) in [5.74, 6) is 1.30. The Labute approximate surface area is 205 Å². The molecule has 172 valence electrons. The lowest BCUT2D eigenvalue weighted by molar-refractivity contribution is -0.123. The summed E-state index contributed by atoms with van der Waals surface area (Å²) in [5, 5.41) is 9.19. The van der Waals surface area contributed by atoms with Gasteiger partial charge in [0.05, 0.1) is 19.6 Å². The number of ether oxygens (including phenoxy) is 1. The molecule has 8 nitrogen and oxygen atoms in total. The molecule has 0 aromatic heterocycles. The summed E-state index contributed by atoms with van der Waals surface area (Å²) in [6.45, 7) is 5.53. The first-order chi connectivity index (χ1) is 15.2. The number of carbonyl (C=O) groups excluding carboxylic acids is 2. The van der Waals surface area contributed by atoms with E-state index in [1.54, 1.807) is 17.0 Å². The highest BCUT2D eigenvalue weighted by molar-refractivity contribution is 14.0. The number of rotatable bonds is 8. The van der Waals surface area contributed by atoms with Gasteiger partial charge in [-0.25, -0.2) is 4.99 Å². The zero-order chi connectivity index (χ0) is 21.9. The van der Waals surface area contributed by atoms with Crippen LogP contribution in [0.5, 0.6) is 5.75 Å². The quantitative estimate of drug-likeness (QED) is 0.202. The van der Waals surface area contributed by atoms with Gasteiger partial charge in [0, 0.05) is 25.2 Å². The van der Waals surface area contributed by atoms with E-state index < -0.39 is 0 Å². The topological polar surface area (TPSA) is 95.1 Å². The third-order valence-electron chi connectivity index (χ3n) is 4.70. The Balaban J connectivity index is 0.00000363. The monoisotopic (exact) mass is 551 g/mol. The van der Waals surface area contributed by atoms with Crippen LogP contribution in [-0.4, -0.2) is 62.0 Å². The molecule has 1 saturated heterocycles. The normalized spacial score (nSPS) is 13.6. The van der Waals surface area contributed by atoms with Crippen molar-refractivity contribution in [1.29, 1.82) is 0 Å². The fourth-order valence-electron chi connectivity index (χ4n) is 3.11. The second-order valence-corrected chi connectivity index (χ2v) is 7.06. The predicted octanol–water partition coefficient (Wildman–Crippen LogP) is 2.01. The molecule has 0 saturated carbocycles. The number of halogens is 1. The van der Waals surface area contributed by atoms with E-state index in [0.29, 0.717) is 44.3 Å². The largest absolute Gasteiger partial charge is 0.492 e. The van der Waals surface area contributed by atoms with Gasteiger partial charge in [-0.3, -0.25) is 9.59 Å². The zero-order valence-corrected chi connectivity index (χ0v) is 20.5. The van der Waals surface area contributed by atoms with Crippen molar-refractivity contribution in [1.82, 2.24) is 20.9 Å². The second kappa shape index (κ2) is 13.6. The molecule has 2 aromatic rings. The average Bonchev–Trinajstić information content (AvgIpc) is 2.81. The molecule has 0 radical (unpaired) electrons. The molecule has 1 aliphatic rings. The van der Waals surface area contributed by atoms with Crippen molar-refractivity contribution in [3.8, 4) is 5.75 Å². The number of guanidine groups is 1. The van der Waals surface area contributed by atoms with Gasteiger partial charge < -0.3 is 25.6 Å². The van der Waals surface area contributed by atoms with Crippen molar-refractivity contribution < 1.29 is 14.3 Å². The highest BCUT2D eigenvalue weighted by Gasteiger charge is 2.22. The Hall–Kier alpha value is -2.82. The number of hydrogen-bond donors (Lipinski definition) is 3. The summed E-state index contributed by atoms with van der Waals surface area (Å²) in [6.07, 6.45) is 0. The van der Waals surface area contributed by atoms with Gasteiger partial charge in [0.1, 0.15) is 12.4 Å². The molecule has 9 heteroatoms. The minimum atomic E-state index is -0.127. The molecule has 3 rings (SSSR count). The van der Waals surface area contributed by atoms with Crippen LogP contribution in [0.2, 0.25) is 0 Å². The number of aliphatic imine (C=N–C) groups is 1. The molecule has 1 aliphatic heterocycles. The third-order valence-corrected chi connectivity index (χ3v) is 4.70. The molecule has 2 amide bonds. The van der Waals surface area contributed by atoms with Crippen LogP contribution >= 0.6 is 24.0 Å². The lowest BCUT2D eigenvalue weighted by atomic mass is 10.1. The number of piperazine rings is 1. The Morgan fingerprint density at radius 2 is 1.88 bits per heavy atom. The lowest BCUT2D eigenvalue weighted by Crippen LogP contribution is -2.49. The number of para-hydroxylation sites is 1. The van der Waals surface area contributed by atoms with Gasteiger partial charge in [-0.1, -0.05) is 30.3 Å². The van der Waals surface area contributed by atoms with E-state index in [0.717, 1.165) is 17.9 Å². The summed E-state index contributed by atoms with van der Waals surface area (Å²) in [6, 6.07) is 17.0. The van der Waals surface area contributed by atoms with Gasteiger partial charge in [0.15, 0.2) is 5.96 Å². The van der Waals surface area contributed by atoms with Gasteiger partial charge in [0.25, 0.3) is 5.91 Å². The molecule has 0 atom stereocenters. The van der Waals surface area contributed by atoms with E-state index in [2.05, 4.69) is 20.9 Å². The molecular weight excluding hydrogens is 521 g/mol. The molecular formula is C23H30IN5O3. The Morgan fingerprint density at radius 3 is 2.56 bits per heavy atom. The summed E-state index contributed by atoms with van der Waals surface area (Å²) < 4.78 is 5.68. The van der Waals surface area contributed by atoms with Crippen LogP contribution in [0.15, 0.2) is 59.6 Å². The predicted molar refractivity (Wildman–Crippen MR) is 136 cm³/mol. The van der Waals surface area contributed by atoms with Crippen molar-refractivity contribution >= 4 is 41.8 Å². The van der Waals surface area contributed by atoms with Crippen LogP contribution in [0.3, 0.4) is 0 Å². The summed E-state index contributed by atoms with van der Waals surface area (Å²) in [5.41, 5.74) is 1.57. The number of amides is 2. The summed E-state index contributed by atoms with van der Waals surface area (Å²) in [4.78, 5) is 30.2. The van der Waals surface area contributed by atoms with Crippen LogP contribution in [-0.2, 0) is 11.3 Å². The van der Waals surface area contributed by atoms with Gasteiger partial charge in [-0.15, -0.1) is 24.0 Å². The molecule has 2 aromatic carbocycles. The number of nitrogens with zero attached hydrogens (tertiary/aromatic N) is 2. The third kappa shape index (κ3) is 8.03. The fraction of sp³-hybridized carbons (Fsp3) is 0.348. The fourth-order valence-corrected chi connectivity index (χ4v) is 3.11. The smallest absolute Gasteiger partial charge is 0.254 e. The molecule has 0 unspecified atom stereocenters. The average molecular weight is 551 g/mol. The Morgan fingerprint density at radius 1 is 1.12 bits per heavy atom. The second-order valence-electron chi connectivity index (χ2n) is 7.06. The maximum absolute atomic E-state index is 12.5. The van der Waals surface area contributed by atoms with Crippen molar-refractivity contribution in [2.45, 2.75) is 13.5 Å². The minimum Gasteiger partial charge on any atom is -0.492 e. The number of carbonyl (C=O) groups is 2. The first-order valence-electron chi connectivity index (χ1n) is 10.5. The van der Waals surface area contributed by atoms with Crippen LogP contribution in [0.4, 0.5) is 0 Å². The first kappa shape index (κ1) is 25.4. The Kier molecular flexibility index (Phi) is 10.8. The van der Waals surface area contributed by atoms with Crippen LogP contribution in [0.25, 0.3) is 0 Å². The van der Waals surface area contributed by atoms with E-state index in [1.165, 1.54) is 0 Å². The standard InChI is InChI=1S/C23H29N5O3.HI/c1-2-24-23(26-13-15-31-20-6-4-3-5-7-20)27-16-18-8-10-19(11-9-18)22(30)28-14-12-25-21(29)17-28;/h3-11H,2,12-17H2,1H3,(H,25,29)(H2,24,26,27);1H. The highest BCUT2D eigenvalue weighted by atomic mass is 127. The van der Waals surface area contributed by atoms with Crippen molar-refractivity contribution in [3.63, 3.8) is 0 Å². The van der Waals surface area contributed by atoms with Crippen LogP contribution in [0.1, 0.15) is 22.8 Å². The van der Waals surface area contributed by atoms with E-state index in [-0.39, 0.29) is 42.3 Å². The van der Waals surface area contributed by atoms with Crippen molar-refractivity contribution in [3.05, 3.63) is 65.7 Å². The van der Waals surface area contributed by atoms with Gasteiger partial charge >= 0.3 is 0 Å². The molecule has 0 aliphatic carbocycles. The maximum Gasteiger partial charge on any atom is 0.254 e. The van der Waals surface area contributed by atoms with E-state index in [4.69, 9.17) is 4.74 Å². The molecule has 32 heavy (non-hydrogen) atoms. The van der Waals surface area contributed by atoms with E-state index >= 15 is 0 Å². The Bertz CT molecular complexity index is 890. The SMILES string of the molecule is CCNC(=NCc1ccc(C(=O)N2CCNC(=O)C2)cc1)NCCOc1ccccc1.I. The van der Waals surface area contributed by atoms with Crippen LogP contribution < -0.4 is 20.7 Å². The van der Waals surface area contributed by atoms with Crippen molar-refractivity contribution in [2.75, 3.05) is 39.3 Å². The number of hydrogen-bond acceptors (Lipinski definition) is 4. The number of nitrogens with one attached hydrogen (secondary N) is 3. The molecule has 3 N–H and O–H groups in total. The van der Waals surface area contributed by atoms with Crippen LogP contribution in [0, 0.1) is 0 Å². The summed E-state index contributed by atoms with van der Waals surface area (Å²) in [7, 11) is 0. The van der Waals surface area contributed by atoms with E-state index in [9.17, 15) is 9.59 Å². The summed E-state index contributed by atoms with van der Waals surface area (Å²) >= 11 is 0. The maximum atomic E-state index is 12.5. The van der Waals surface area contributed by atoms with Gasteiger partial charge in [-0.2, -0.15) is 0 Å². The highest BCUT2D eigenvalue weighted by Crippen LogP contribution is 2.10. The van der Waals surface area contributed by atoms with Crippen molar-refractivity contribution in [2.24, 2.45) is 4.99 Å².